The molecule has 4 nitrogen and oxygen atoms in total. The molecule has 5 heteroatoms. The van der Waals surface area contributed by atoms with Gasteiger partial charge in [-0.1, -0.05) is 28.1 Å². The van der Waals surface area contributed by atoms with Crippen molar-refractivity contribution in [3.63, 3.8) is 0 Å². The molecule has 1 fully saturated rings. The molecule has 1 aliphatic rings. The fourth-order valence-electron chi connectivity index (χ4n) is 1.92. The van der Waals surface area contributed by atoms with Crippen LogP contribution in [0, 0.1) is 0 Å². The second kappa shape index (κ2) is 5.62. The Balaban J connectivity index is 1.84. The third-order valence-corrected chi connectivity index (χ3v) is 3.33. The molecule has 1 saturated heterocycles. The molecule has 2 rings (SSSR count). The number of halogens is 1. The van der Waals surface area contributed by atoms with E-state index in [0.717, 1.165) is 16.6 Å². The highest BCUT2D eigenvalue weighted by Crippen LogP contribution is 2.11. The van der Waals surface area contributed by atoms with Crippen LogP contribution in [0.3, 0.4) is 0 Å². The molecule has 4 N–H and O–H groups in total. The van der Waals surface area contributed by atoms with Gasteiger partial charge in [-0.05, 0) is 24.1 Å². The van der Waals surface area contributed by atoms with E-state index < -0.39 is 0 Å². The van der Waals surface area contributed by atoms with Crippen LogP contribution >= 0.6 is 15.9 Å². The Morgan fingerprint density at radius 1 is 1.59 bits per heavy atom. The molecule has 0 radical (unpaired) electrons. The van der Waals surface area contributed by atoms with E-state index in [1.807, 2.05) is 24.3 Å². The van der Waals surface area contributed by atoms with Crippen molar-refractivity contribution in [3.8, 4) is 0 Å². The molecular weight excluding hydrogens is 282 g/mol. The molecule has 0 aliphatic carbocycles. The fraction of sp³-hybridized carbons (Fsp3) is 0.417. The third-order valence-electron chi connectivity index (χ3n) is 2.84. The maximum absolute atomic E-state index is 11.8. The molecule has 1 heterocycles. The summed E-state index contributed by atoms with van der Waals surface area (Å²) in [5.41, 5.74) is 6.82. The molecule has 0 bridgehead atoms. The highest BCUT2D eigenvalue weighted by atomic mass is 79.9. The summed E-state index contributed by atoms with van der Waals surface area (Å²) in [6.07, 6.45) is 0.713. The normalized spacial score (nSPS) is 23.6. The largest absolute Gasteiger partial charge is 0.351 e. The minimum absolute atomic E-state index is 0.0259. The predicted octanol–water partition coefficient (Wildman–Crippen LogP) is 0.755. The predicted molar refractivity (Wildman–Crippen MR) is 70.4 cm³/mol. The molecule has 1 aromatic rings. The average molecular weight is 298 g/mol. The number of hydrogen-bond acceptors (Lipinski definition) is 3. The Kier molecular flexibility index (Phi) is 4.15. The van der Waals surface area contributed by atoms with Crippen LogP contribution in [0.25, 0.3) is 0 Å². The second-order valence-electron chi connectivity index (χ2n) is 4.30. The number of benzene rings is 1. The van der Waals surface area contributed by atoms with Gasteiger partial charge in [-0.2, -0.15) is 0 Å². The summed E-state index contributed by atoms with van der Waals surface area (Å²) in [7, 11) is 0. The van der Waals surface area contributed by atoms with E-state index in [2.05, 4.69) is 26.6 Å². The van der Waals surface area contributed by atoms with Gasteiger partial charge in [0.15, 0.2) is 0 Å². The van der Waals surface area contributed by atoms with Gasteiger partial charge in [-0.15, -0.1) is 0 Å². The lowest BCUT2D eigenvalue weighted by molar-refractivity contribution is -0.122. The molecule has 0 saturated carbocycles. The van der Waals surface area contributed by atoms with Gasteiger partial charge in [0, 0.05) is 23.6 Å². The van der Waals surface area contributed by atoms with Crippen molar-refractivity contribution in [2.24, 2.45) is 5.73 Å². The highest BCUT2D eigenvalue weighted by molar-refractivity contribution is 9.10. The Bertz CT molecular complexity index is 410. The summed E-state index contributed by atoms with van der Waals surface area (Å²) < 4.78 is 1.02. The molecule has 1 amide bonds. The summed E-state index contributed by atoms with van der Waals surface area (Å²) in [6.45, 7) is 1.26. The Hall–Kier alpha value is -0.910. The van der Waals surface area contributed by atoms with Crippen molar-refractivity contribution in [2.45, 2.75) is 25.0 Å². The number of carbonyl (C=O) groups is 1. The number of carbonyl (C=O) groups excluding carboxylic acids is 1. The van der Waals surface area contributed by atoms with Gasteiger partial charge in [0.05, 0.1) is 6.04 Å². The average Bonchev–Trinajstić information content (AvgIpc) is 2.73. The lowest BCUT2D eigenvalue weighted by Gasteiger charge is -2.11. The minimum Gasteiger partial charge on any atom is -0.351 e. The number of rotatable bonds is 3. The van der Waals surface area contributed by atoms with Crippen LogP contribution in [0.4, 0.5) is 0 Å². The molecule has 92 valence electrons. The van der Waals surface area contributed by atoms with E-state index in [-0.39, 0.29) is 18.0 Å². The molecule has 1 aliphatic heterocycles. The van der Waals surface area contributed by atoms with E-state index in [4.69, 9.17) is 5.73 Å². The third kappa shape index (κ3) is 3.52. The molecule has 0 aromatic heterocycles. The van der Waals surface area contributed by atoms with Crippen LogP contribution in [0.5, 0.6) is 0 Å². The summed E-state index contributed by atoms with van der Waals surface area (Å²) in [5, 5.41) is 6.02. The minimum atomic E-state index is -0.142. The van der Waals surface area contributed by atoms with Crippen LogP contribution in [-0.2, 0) is 11.3 Å². The standard InChI is InChI=1S/C12H16BrN3O/c13-9-3-1-2-8(4-9)6-16-12(17)11-5-10(14)7-15-11/h1-4,10-11,15H,5-7,14H2,(H,16,17). The first-order chi connectivity index (χ1) is 8.15. The molecule has 2 atom stereocenters. The summed E-state index contributed by atoms with van der Waals surface area (Å²) >= 11 is 3.40. The fourth-order valence-corrected chi connectivity index (χ4v) is 2.37. The second-order valence-corrected chi connectivity index (χ2v) is 5.22. The number of nitrogens with one attached hydrogen (secondary N) is 2. The smallest absolute Gasteiger partial charge is 0.237 e. The van der Waals surface area contributed by atoms with Gasteiger partial charge in [0.1, 0.15) is 0 Å². The highest BCUT2D eigenvalue weighted by Gasteiger charge is 2.26. The maximum atomic E-state index is 11.8. The zero-order valence-corrected chi connectivity index (χ0v) is 11.0. The van der Waals surface area contributed by atoms with Gasteiger partial charge in [-0.25, -0.2) is 0 Å². The Labute approximate surface area is 109 Å². The zero-order valence-electron chi connectivity index (χ0n) is 9.45. The Morgan fingerprint density at radius 2 is 2.41 bits per heavy atom. The maximum Gasteiger partial charge on any atom is 0.237 e. The lowest BCUT2D eigenvalue weighted by Crippen LogP contribution is -2.40. The van der Waals surface area contributed by atoms with Gasteiger partial charge in [0.25, 0.3) is 0 Å². The van der Waals surface area contributed by atoms with Crippen molar-refractivity contribution in [3.05, 3.63) is 34.3 Å². The molecule has 0 spiro atoms. The van der Waals surface area contributed by atoms with E-state index in [1.54, 1.807) is 0 Å². The topological polar surface area (TPSA) is 67.1 Å². The van der Waals surface area contributed by atoms with Gasteiger partial charge in [0.2, 0.25) is 5.91 Å². The van der Waals surface area contributed by atoms with Crippen LogP contribution in [-0.4, -0.2) is 24.5 Å². The van der Waals surface area contributed by atoms with Crippen molar-refractivity contribution < 1.29 is 4.79 Å². The molecular formula is C12H16BrN3O. The van der Waals surface area contributed by atoms with E-state index in [0.29, 0.717) is 13.0 Å². The van der Waals surface area contributed by atoms with Crippen molar-refractivity contribution >= 4 is 21.8 Å². The quantitative estimate of drug-likeness (QED) is 0.771. The monoisotopic (exact) mass is 297 g/mol. The van der Waals surface area contributed by atoms with Crippen LogP contribution in [0.1, 0.15) is 12.0 Å². The molecule has 2 unspecified atom stereocenters. The first-order valence-electron chi connectivity index (χ1n) is 5.66. The van der Waals surface area contributed by atoms with Crippen molar-refractivity contribution in [1.82, 2.24) is 10.6 Å². The first-order valence-corrected chi connectivity index (χ1v) is 6.45. The first kappa shape index (κ1) is 12.5. The van der Waals surface area contributed by atoms with Gasteiger partial charge < -0.3 is 16.4 Å². The van der Waals surface area contributed by atoms with Crippen molar-refractivity contribution in [1.29, 1.82) is 0 Å². The number of hydrogen-bond donors (Lipinski definition) is 3. The van der Waals surface area contributed by atoms with E-state index >= 15 is 0 Å². The molecule has 17 heavy (non-hydrogen) atoms. The SMILES string of the molecule is NC1CNC(C(=O)NCc2cccc(Br)c2)C1. The van der Waals surface area contributed by atoms with Gasteiger partial charge in [-0.3, -0.25) is 4.79 Å². The summed E-state index contributed by atoms with van der Waals surface area (Å²) in [4.78, 5) is 11.8. The van der Waals surface area contributed by atoms with Crippen LogP contribution < -0.4 is 16.4 Å². The van der Waals surface area contributed by atoms with Crippen LogP contribution in [0.15, 0.2) is 28.7 Å². The summed E-state index contributed by atoms with van der Waals surface area (Å²) in [6, 6.07) is 7.85. The lowest BCUT2D eigenvalue weighted by atomic mass is 10.1. The van der Waals surface area contributed by atoms with E-state index in [9.17, 15) is 4.79 Å². The van der Waals surface area contributed by atoms with Crippen molar-refractivity contribution in [2.75, 3.05) is 6.54 Å². The number of amides is 1. The number of nitrogens with two attached hydrogens (primary N) is 1. The van der Waals surface area contributed by atoms with Crippen LogP contribution in [0.2, 0.25) is 0 Å². The zero-order chi connectivity index (χ0) is 12.3. The molecule has 1 aromatic carbocycles. The van der Waals surface area contributed by atoms with E-state index in [1.165, 1.54) is 0 Å². The van der Waals surface area contributed by atoms with Gasteiger partial charge >= 0.3 is 0 Å². The summed E-state index contributed by atoms with van der Waals surface area (Å²) in [5.74, 6) is 0.0259. The Morgan fingerprint density at radius 3 is 3.06 bits per heavy atom.